The first-order valence-corrected chi connectivity index (χ1v) is 19.1. The Morgan fingerprint density at radius 1 is 0.855 bits per heavy atom. The minimum absolute atomic E-state index is 0.0399. The molecule has 8 nitrogen and oxygen atoms in total. The highest BCUT2D eigenvalue weighted by atomic mass is 127. The third-order valence-electron chi connectivity index (χ3n) is 9.31. The Bertz CT molecular complexity index is 1880. The summed E-state index contributed by atoms with van der Waals surface area (Å²) in [6.07, 6.45) is -4.75. The number of carboxylic acid groups (broad SMARTS) is 1. The second kappa shape index (κ2) is 18.2. The van der Waals surface area contributed by atoms with Crippen molar-refractivity contribution in [1.82, 2.24) is 9.97 Å². The highest BCUT2D eigenvalue weighted by molar-refractivity contribution is 14.1. The number of oxazole rings is 2. The van der Waals surface area contributed by atoms with Gasteiger partial charge in [0.1, 0.15) is 20.9 Å². The van der Waals surface area contributed by atoms with E-state index < -0.39 is 35.0 Å². The van der Waals surface area contributed by atoms with Gasteiger partial charge in [0.25, 0.3) is 0 Å². The van der Waals surface area contributed by atoms with Crippen LogP contribution in [0.5, 0.6) is 0 Å². The van der Waals surface area contributed by atoms with E-state index in [4.69, 9.17) is 18.3 Å². The Morgan fingerprint density at radius 2 is 1.42 bits per heavy atom. The molecule has 1 saturated carbocycles. The van der Waals surface area contributed by atoms with Crippen molar-refractivity contribution in [2.24, 2.45) is 11.8 Å². The molecule has 1 N–H and O–H groups in total. The maximum atomic E-state index is 12.9. The highest BCUT2D eigenvalue weighted by Crippen LogP contribution is 2.36. The van der Waals surface area contributed by atoms with Crippen molar-refractivity contribution in [2.75, 3.05) is 13.2 Å². The van der Waals surface area contributed by atoms with E-state index in [0.29, 0.717) is 59.1 Å². The Labute approximate surface area is 330 Å². The van der Waals surface area contributed by atoms with Crippen LogP contribution in [0.1, 0.15) is 113 Å². The average molecular weight is 893 g/mol. The summed E-state index contributed by atoms with van der Waals surface area (Å²) < 4.78 is 100. The summed E-state index contributed by atoms with van der Waals surface area (Å²) >= 11 is 2.07. The number of hydrogen-bond donors (Lipinski definition) is 1. The minimum atomic E-state index is -4.39. The van der Waals surface area contributed by atoms with E-state index in [-0.39, 0.29) is 24.3 Å². The van der Waals surface area contributed by atoms with Crippen molar-refractivity contribution in [3.8, 4) is 22.9 Å². The SMILES string of the molecule is CC(C)c1oc(-c2ccc(C(F)(F)F)cc2)nc1COC[C@@H]1CCC[C@H](COC(C)(C)C(=O)O)C1.Cc1cc(C(F)(F)F)ccc1-c1nc(I)c(C(C)C)o1. The third kappa shape index (κ3) is 12.0. The van der Waals surface area contributed by atoms with Gasteiger partial charge in [-0.2, -0.15) is 26.3 Å². The zero-order valence-corrected chi connectivity index (χ0v) is 34.0. The number of aromatic nitrogens is 2. The topological polar surface area (TPSA) is 108 Å². The summed E-state index contributed by atoms with van der Waals surface area (Å²) in [7, 11) is 0. The van der Waals surface area contributed by atoms with E-state index in [1.165, 1.54) is 18.2 Å². The smallest absolute Gasteiger partial charge is 0.416 e. The molecule has 2 aromatic carbocycles. The molecule has 2 aromatic heterocycles. The molecule has 4 aromatic rings. The van der Waals surface area contributed by atoms with Gasteiger partial charge in [-0.15, -0.1) is 0 Å². The summed E-state index contributed by atoms with van der Waals surface area (Å²) in [4.78, 5) is 20.1. The quantitative estimate of drug-likeness (QED) is 0.111. The molecule has 302 valence electrons. The number of alkyl halides is 6. The van der Waals surface area contributed by atoms with E-state index in [2.05, 4.69) is 32.6 Å². The number of nitrogens with zero attached hydrogens (tertiary/aromatic N) is 2. The standard InChI is InChI=1S/C26H34F3NO5.C14H13F3INO/c1-16(2)22-21(30-23(35-22)19-8-10-20(11-9-19)26(27,28)29)15-33-13-17-6-5-7-18(12-17)14-34-25(3,4)24(31)32;1-7(2)11-12(18)19-13(20-11)10-5-4-9(6-8(10)3)14(15,16)17/h8-11,16-18H,5-7,12-15H2,1-4H3,(H,31,32);4-7H,1-3H3/t17-,18+;/m1./s1. The zero-order chi connectivity index (χ0) is 40.9. The van der Waals surface area contributed by atoms with E-state index >= 15 is 0 Å². The zero-order valence-electron chi connectivity index (χ0n) is 31.8. The predicted molar refractivity (Wildman–Crippen MR) is 202 cm³/mol. The van der Waals surface area contributed by atoms with Crippen LogP contribution in [0.3, 0.4) is 0 Å². The first kappa shape index (κ1) is 44.3. The molecule has 55 heavy (non-hydrogen) atoms. The molecule has 0 unspecified atom stereocenters. The number of ether oxygens (including phenoxy) is 2. The van der Waals surface area contributed by atoms with Crippen molar-refractivity contribution in [1.29, 1.82) is 0 Å². The summed E-state index contributed by atoms with van der Waals surface area (Å²) in [5.74, 6) is 1.93. The molecule has 1 aliphatic rings. The number of hydrogen-bond acceptors (Lipinski definition) is 7. The van der Waals surface area contributed by atoms with E-state index in [1.54, 1.807) is 20.8 Å². The van der Waals surface area contributed by atoms with Gasteiger partial charge >= 0.3 is 18.3 Å². The number of carbonyl (C=O) groups is 1. The van der Waals surface area contributed by atoms with Crippen molar-refractivity contribution < 1.29 is 54.6 Å². The second-order valence-electron chi connectivity index (χ2n) is 15.0. The molecular weight excluding hydrogens is 845 g/mol. The molecule has 0 spiro atoms. The van der Waals surface area contributed by atoms with Crippen molar-refractivity contribution >= 4 is 28.6 Å². The van der Waals surface area contributed by atoms with Crippen LogP contribution in [0.15, 0.2) is 51.3 Å². The lowest BCUT2D eigenvalue weighted by Crippen LogP contribution is -2.37. The molecule has 1 aliphatic carbocycles. The van der Waals surface area contributed by atoms with Crippen LogP contribution in [0.2, 0.25) is 0 Å². The molecule has 0 saturated heterocycles. The van der Waals surface area contributed by atoms with E-state index in [0.717, 1.165) is 59.4 Å². The van der Waals surface area contributed by atoms with Gasteiger partial charge in [-0.1, -0.05) is 34.1 Å². The van der Waals surface area contributed by atoms with Crippen LogP contribution in [0.25, 0.3) is 22.9 Å². The average Bonchev–Trinajstić information content (AvgIpc) is 3.71. The monoisotopic (exact) mass is 892 g/mol. The Hall–Kier alpha value is -3.44. The number of aliphatic carboxylic acids is 1. The number of rotatable bonds is 12. The molecule has 0 amide bonds. The number of aryl methyl sites for hydroxylation is 1. The number of carboxylic acids is 1. The highest BCUT2D eigenvalue weighted by Gasteiger charge is 2.33. The fourth-order valence-electron chi connectivity index (χ4n) is 6.12. The maximum absolute atomic E-state index is 12.9. The molecular formula is C40H47F6IN2O6. The van der Waals surface area contributed by atoms with Crippen LogP contribution in [0, 0.1) is 22.5 Å². The largest absolute Gasteiger partial charge is 0.479 e. The Kier molecular flexibility index (Phi) is 14.7. The molecule has 2 atom stereocenters. The maximum Gasteiger partial charge on any atom is 0.416 e. The Balaban J connectivity index is 0.000000284. The van der Waals surface area contributed by atoms with Gasteiger partial charge in [0.05, 0.1) is 24.3 Å². The van der Waals surface area contributed by atoms with Gasteiger partial charge in [-0.25, -0.2) is 14.8 Å². The van der Waals surface area contributed by atoms with Gasteiger partial charge < -0.3 is 23.4 Å². The Morgan fingerprint density at radius 3 is 1.95 bits per heavy atom. The summed E-state index contributed by atoms with van der Waals surface area (Å²) in [5.41, 5.74) is -0.379. The summed E-state index contributed by atoms with van der Waals surface area (Å²) in [6.45, 7) is 13.8. The molecule has 0 bridgehead atoms. The second-order valence-corrected chi connectivity index (χ2v) is 16.0. The van der Waals surface area contributed by atoms with E-state index in [9.17, 15) is 36.2 Å². The normalized spacial score (nSPS) is 16.7. The van der Waals surface area contributed by atoms with Crippen molar-refractivity contribution in [3.05, 3.63) is 80.1 Å². The van der Waals surface area contributed by atoms with Crippen LogP contribution in [-0.4, -0.2) is 39.9 Å². The lowest BCUT2D eigenvalue weighted by molar-refractivity contribution is -0.163. The van der Waals surface area contributed by atoms with E-state index in [1.807, 2.05) is 27.7 Å². The van der Waals surface area contributed by atoms with Gasteiger partial charge in [0, 0.05) is 29.6 Å². The molecule has 0 radical (unpaired) electrons. The molecule has 15 heteroatoms. The van der Waals surface area contributed by atoms with Crippen LogP contribution >= 0.6 is 22.6 Å². The van der Waals surface area contributed by atoms with Gasteiger partial charge in [-0.05, 0) is 122 Å². The summed E-state index contributed by atoms with van der Waals surface area (Å²) in [5, 5.41) is 9.22. The molecule has 5 rings (SSSR count). The number of halogens is 7. The molecule has 1 fully saturated rings. The first-order valence-electron chi connectivity index (χ1n) is 18.0. The van der Waals surface area contributed by atoms with Crippen molar-refractivity contribution in [3.63, 3.8) is 0 Å². The minimum Gasteiger partial charge on any atom is -0.479 e. The third-order valence-corrected chi connectivity index (χ3v) is 10.1. The first-order chi connectivity index (χ1) is 25.6. The molecule has 2 heterocycles. The van der Waals surface area contributed by atoms with Gasteiger partial charge in [0.15, 0.2) is 5.60 Å². The van der Waals surface area contributed by atoms with Crippen LogP contribution in [-0.2, 0) is 33.2 Å². The predicted octanol–water partition coefficient (Wildman–Crippen LogP) is 12.1. The lowest BCUT2D eigenvalue weighted by Gasteiger charge is -2.31. The summed E-state index contributed by atoms with van der Waals surface area (Å²) in [6, 6.07) is 8.33. The van der Waals surface area contributed by atoms with Crippen LogP contribution in [0.4, 0.5) is 26.3 Å². The van der Waals surface area contributed by atoms with Gasteiger partial charge in [0.2, 0.25) is 11.8 Å². The van der Waals surface area contributed by atoms with Gasteiger partial charge in [-0.3, -0.25) is 0 Å². The fraction of sp³-hybridized carbons (Fsp3) is 0.525. The molecule has 0 aliphatic heterocycles. The van der Waals surface area contributed by atoms with Crippen LogP contribution < -0.4 is 0 Å². The number of benzene rings is 2. The lowest BCUT2D eigenvalue weighted by atomic mass is 9.82. The van der Waals surface area contributed by atoms with Crippen molar-refractivity contribution in [2.45, 2.75) is 111 Å². The fourth-order valence-corrected chi connectivity index (χ4v) is 7.08.